The maximum absolute atomic E-state index is 12.8. The number of benzene rings is 1. The fourth-order valence-electron chi connectivity index (χ4n) is 4.10. The van der Waals surface area contributed by atoms with Gasteiger partial charge in [0.2, 0.25) is 0 Å². The molecular weight excluding hydrogens is 356 g/mol. The predicted octanol–water partition coefficient (Wildman–Crippen LogP) is 3.01. The van der Waals surface area contributed by atoms with Crippen molar-refractivity contribution in [1.29, 1.82) is 0 Å². The van der Waals surface area contributed by atoms with Crippen molar-refractivity contribution in [2.24, 2.45) is 5.92 Å². The van der Waals surface area contributed by atoms with Crippen LogP contribution in [0.25, 0.3) is 0 Å². The lowest BCUT2D eigenvalue weighted by molar-refractivity contribution is -0.130. The van der Waals surface area contributed by atoms with Gasteiger partial charge in [-0.15, -0.1) is 0 Å². The molecule has 1 aromatic carbocycles. The third kappa shape index (κ3) is 4.22. The second-order valence-electron chi connectivity index (χ2n) is 7.43. The van der Waals surface area contributed by atoms with Crippen LogP contribution < -0.4 is 0 Å². The Balaban J connectivity index is 1.37. The van der Waals surface area contributed by atoms with Gasteiger partial charge in [-0.25, -0.2) is 4.79 Å². The molecule has 2 saturated heterocycles. The molecular formula is C22H24N2O4. The third-order valence-electron chi connectivity index (χ3n) is 5.47. The molecule has 3 heterocycles. The summed E-state index contributed by atoms with van der Waals surface area (Å²) in [5.41, 5.74) is 1.75. The molecule has 2 aromatic rings. The van der Waals surface area contributed by atoms with Gasteiger partial charge in [-0.2, -0.15) is 0 Å². The summed E-state index contributed by atoms with van der Waals surface area (Å²) in [4.78, 5) is 31.5. The average Bonchev–Trinajstić information content (AvgIpc) is 2.72. The number of carbonyl (C=O) groups is 2. The zero-order valence-corrected chi connectivity index (χ0v) is 15.7. The maximum Gasteiger partial charge on any atom is 0.410 e. The van der Waals surface area contributed by atoms with Crippen LogP contribution in [-0.2, 0) is 27.3 Å². The molecule has 2 unspecified atom stereocenters. The number of rotatable bonds is 5. The average molecular weight is 380 g/mol. The molecule has 0 radical (unpaired) electrons. The number of ketones is 1. The van der Waals surface area contributed by atoms with Crippen LogP contribution >= 0.6 is 0 Å². The molecule has 4 rings (SSSR count). The minimum Gasteiger partial charge on any atom is -0.445 e. The van der Waals surface area contributed by atoms with Crippen LogP contribution in [0.3, 0.4) is 0 Å². The topological polar surface area (TPSA) is 68.7 Å². The first-order valence-electron chi connectivity index (χ1n) is 9.70. The molecule has 1 amide bonds. The third-order valence-corrected chi connectivity index (χ3v) is 5.47. The standard InChI is InChI=1S/C22H24N2O4/c25-21(12-18-8-4-5-9-23-18)17-10-19-14-27-15-20(11-17)24(19)22(26)28-13-16-6-2-1-3-7-16/h1-9,17,19-20H,10-15H2. The molecule has 2 aliphatic heterocycles. The number of nitrogens with zero attached hydrogens (tertiary/aromatic N) is 2. The Morgan fingerprint density at radius 3 is 2.43 bits per heavy atom. The van der Waals surface area contributed by atoms with E-state index < -0.39 is 0 Å². The van der Waals surface area contributed by atoms with E-state index in [0.29, 0.717) is 32.5 Å². The number of fused-ring (bicyclic) bond motifs is 2. The minimum absolute atomic E-state index is 0.0703. The summed E-state index contributed by atoms with van der Waals surface area (Å²) < 4.78 is 11.2. The van der Waals surface area contributed by atoms with Crippen LogP contribution in [0.4, 0.5) is 4.79 Å². The first-order valence-corrected chi connectivity index (χ1v) is 9.70. The van der Waals surface area contributed by atoms with Crippen LogP contribution in [0.1, 0.15) is 24.1 Å². The fraction of sp³-hybridized carbons (Fsp3) is 0.409. The smallest absolute Gasteiger partial charge is 0.410 e. The molecule has 0 saturated carbocycles. The molecule has 6 heteroatoms. The van der Waals surface area contributed by atoms with E-state index in [2.05, 4.69) is 4.98 Å². The molecule has 1 aromatic heterocycles. The Bertz CT molecular complexity index is 798. The van der Waals surface area contributed by atoms with Gasteiger partial charge in [0.1, 0.15) is 12.4 Å². The Morgan fingerprint density at radius 2 is 1.75 bits per heavy atom. The van der Waals surface area contributed by atoms with Crippen molar-refractivity contribution in [2.45, 2.75) is 38.0 Å². The number of amides is 1. The second-order valence-corrected chi connectivity index (χ2v) is 7.43. The van der Waals surface area contributed by atoms with Gasteiger partial charge in [-0.05, 0) is 30.5 Å². The Hall–Kier alpha value is -2.73. The van der Waals surface area contributed by atoms with Crippen LogP contribution in [0.2, 0.25) is 0 Å². The Kier molecular flexibility index (Phi) is 5.67. The zero-order chi connectivity index (χ0) is 19.3. The number of morpholine rings is 1. The SMILES string of the molecule is O=C(Cc1ccccn1)C1CC2COCC(C1)N2C(=O)OCc1ccccc1. The van der Waals surface area contributed by atoms with Crippen molar-refractivity contribution in [2.75, 3.05) is 13.2 Å². The highest BCUT2D eigenvalue weighted by Gasteiger charge is 2.44. The fourth-order valence-corrected chi connectivity index (χ4v) is 4.10. The summed E-state index contributed by atoms with van der Waals surface area (Å²) in [7, 11) is 0. The normalized spacial score (nSPS) is 23.9. The highest BCUT2D eigenvalue weighted by Crippen LogP contribution is 2.33. The van der Waals surface area contributed by atoms with E-state index in [-0.39, 0.29) is 36.5 Å². The number of piperidine rings is 1. The molecule has 146 valence electrons. The first kappa shape index (κ1) is 18.6. The van der Waals surface area contributed by atoms with Gasteiger partial charge >= 0.3 is 6.09 Å². The van der Waals surface area contributed by atoms with Gasteiger partial charge in [0, 0.05) is 24.2 Å². The van der Waals surface area contributed by atoms with Crippen molar-refractivity contribution in [3.63, 3.8) is 0 Å². The van der Waals surface area contributed by atoms with Crippen molar-refractivity contribution < 1.29 is 19.1 Å². The van der Waals surface area contributed by atoms with Gasteiger partial charge < -0.3 is 9.47 Å². The van der Waals surface area contributed by atoms with Gasteiger partial charge in [0.25, 0.3) is 0 Å². The van der Waals surface area contributed by atoms with E-state index in [1.165, 1.54) is 0 Å². The highest BCUT2D eigenvalue weighted by molar-refractivity contribution is 5.83. The van der Waals surface area contributed by atoms with E-state index in [1.54, 1.807) is 11.1 Å². The molecule has 0 aliphatic carbocycles. The number of pyridine rings is 1. The lowest BCUT2D eigenvalue weighted by Crippen LogP contribution is -2.60. The summed E-state index contributed by atoms with van der Waals surface area (Å²) in [5, 5.41) is 0. The van der Waals surface area contributed by atoms with Gasteiger partial charge in [-0.1, -0.05) is 36.4 Å². The van der Waals surface area contributed by atoms with Gasteiger partial charge in [-0.3, -0.25) is 14.7 Å². The number of hydrogen-bond donors (Lipinski definition) is 0. The Morgan fingerprint density at radius 1 is 1.04 bits per heavy atom. The lowest BCUT2D eigenvalue weighted by atomic mass is 9.81. The molecule has 28 heavy (non-hydrogen) atoms. The number of aromatic nitrogens is 1. The van der Waals surface area contributed by atoms with E-state index in [0.717, 1.165) is 11.3 Å². The minimum atomic E-state index is -0.322. The molecule has 0 N–H and O–H groups in total. The zero-order valence-electron chi connectivity index (χ0n) is 15.7. The maximum atomic E-state index is 12.8. The number of ether oxygens (including phenoxy) is 2. The van der Waals surface area contributed by atoms with Crippen molar-refractivity contribution in [3.05, 3.63) is 66.0 Å². The van der Waals surface area contributed by atoms with Gasteiger partial charge in [0.05, 0.1) is 25.3 Å². The summed E-state index contributed by atoms with van der Waals surface area (Å²) in [5.74, 6) is 0.118. The van der Waals surface area contributed by atoms with Crippen molar-refractivity contribution in [3.8, 4) is 0 Å². The lowest BCUT2D eigenvalue weighted by Gasteiger charge is -2.47. The quantitative estimate of drug-likeness (QED) is 0.798. The van der Waals surface area contributed by atoms with Crippen LogP contribution in [0.15, 0.2) is 54.7 Å². The monoisotopic (exact) mass is 380 g/mol. The number of hydrogen-bond acceptors (Lipinski definition) is 5. The molecule has 6 nitrogen and oxygen atoms in total. The summed E-state index contributed by atoms with van der Waals surface area (Å²) in [6, 6.07) is 15.0. The largest absolute Gasteiger partial charge is 0.445 e. The second kappa shape index (κ2) is 8.52. The van der Waals surface area contributed by atoms with Crippen LogP contribution in [0, 0.1) is 5.92 Å². The first-order chi connectivity index (χ1) is 13.7. The van der Waals surface area contributed by atoms with E-state index in [1.807, 2.05) is 48.5 Å². The van der Waals surface area contributed by atoms with Crippen molar-refractivity contribution >= 4 is 11.9 Å². The van der Waals surface area contributed by atoms with Crippen LogP contribution in [0.5, 0.6) is 0 Å². The summed E-state index contributed by atoms with van der Waals surface area (Å²) in [6.07, 6.45) is 2.95. The predicted molar refractivity (Wildman–Crippen MR) is 103 cm³/mol. The van der Waals surface area contributed by atoms with E-state index in [4.69, 9.17) is 9.47 Å². The van der Waals surface area contributed by atoms with Gasteiger partial charge in [0.15, 0.2) is 0 Å². The Labute approximate surface area is 164 Å². The molecule has 0 spiro atoms. The number of Topliss-reactive ketones (excluding diaryl/α,β-unsaturated/α-hetero) is 1. The summed E-state index contributed by atoms with van der Waals surface area (Å²) >= 11 is 0. The summed E-state index contributed by atoms with van der Waals surface area (Å²) in [6.45, 7) is 1.15. The highest BCUT2D eigenvalue weighted by atomic mass is 16.6. The van der Waals surface area contributed by atoms with Crippen molar-refractivity contribution in [1.82, 2.24) is 9.88 Å². The number of carbonyl (C=O) groups excluding carboxylic acids is 2. The molecule has 2 atom stereocenters. The van der Waals surface area contributed by atoms with E-state index in [9.17, 15) is 9.59 Å². The molecule has 2 fully saturated rings. The molecule has 2 bridgehead atoms. The van der Waals surface area contributed by atoms with Crippen LogP contribution in [-0.4, -0.2) is 47.1 Å². The van der Waals surface area contributed by atoms with E-state index >= 15 is 0 Å². The molecule has 2 aliphatic rings.